The van der Waals surface area contributed by atoms with Gasteiger partial charge in [0.2, 0.25) is 0 Å². The molecule has 104 valence electrons. The molecule has 0 spiro atoms. The number of halogens is 1. The zero-order chi connectivity index (χ0) is 14.8. The predicted octanol–water partition coefficient (Wildman–Crippen LogP) is 5.41. The standard InChI is InChI=1S/C18H13ClO2/c1-12-6-8-17(13(10-12)11-20)21-18-9-7-16(19)14-4-2-3-5-15(14)18/h2-11H,1H3. The van der Waals surface area contributed by atoms with E-state index in [2.05, 4.69) is 0 Å². The lowest BCUT2D eigenvalue weighted by molar-refractivity contribution is 0.112. The maximum Gasteiger partial charge on any atom is 0.153 e. The number of aryl methyl sites for hydroxylation is 1. The third-order valence-electron chi connectivity index (χ3n) is 3.34. The molecule has 0 bridgehead atoms. The first-order valence-corrected chi connectivity index (χ1v) is 6.98. The van der Waals surface area contributed by atoms with Crippen LogP contribution in [0.1, 0.15) is 15.9 Å². The van der Waals surface area contributed by atoms with Crippen molar-refractivity contribution in [2.45, 2.75) is 6.92 Å². The van der Waals surface area contributed by atoms with E-state index in [0.717, 1.165) is 22.6 Å². The van der Waals surface area contributed by atoms with Crippen molar-refractivity contribution < 1.29 is 9.53 Å². The van der Waals surface area contributed by atoms with E-state index in [0.29, 0.717) is 22.1 Å². The Labute approximate surface area is 127 Å². The molecule has 0 aliphatic rings. The van der Waals surface area contributed by atoms with Crippen molar-refractivity contribution in [1.82, 2.24) is 0 Å². The average molecular weight is 297 g/mol. The van der Waals surface area contributed by atoms with Gasteiger partial charge in [0.25, 0.3) is 0 Å². The number of benzene rings is 3. The molecular weight excluding hydrogens is 284 g/mol. The second-order valence-electron chi connectivity index (χ2n) is 4.85. The minimum absolute atomic E-state index is 0.536. The quantitative estimate of drug-likeness (QED) is 0.604. The van der Waals surface area contributed by atoms with Gasteiger partial charge in [-0.15, -0.1) is 0 Å². The van der Waals surface area contributed by atoms with Gasteiger partial charge in [-0.3, -0.25) is 4.79 Å². The first-order chi connectivity index (χ1) is 10.2. The monoisotopic (exact) mass is 296 g/mol. The van der Waals surface area contributed by atoms with E-state index in [1.54, 1.807) is 12.1 Å². The zero-order valence-corrected chi connectivity index (χ0v) is 12.2. The van der Waals surface area contributed by atoms with E-state index < -0.39 is 0 Å². The summed E-state index contributed by atoms with van der Waals surface area (Å²) in [4.78, 5) is 11.2. The Hall–Kier alpha value is -2.32. The molecule has 0 unspecified atom stereocenters. The van der Waals surface area contributed by atoms with Crippen molar-refractivity contribution in [2.75, 3.05) is 0 Å². The van der Waals surface area contributed by atoms with Crippen LogP contribution < -0.4 is 4.74 Å². The zero-order valence-electron chi connectivity index (χ0n) is 11.5. The Kier molecular flexibility index (Phi) is 3.63. The second-order valence-corrected chi connectivity index (χ2v) is 5.26. The lowest BCUT2D eigenvalue weighted by Crippen LogP contribution is -1.92. The number of hydrogen-bond acceptors (Lipinski definition) is 2. The van der Waals surface area contributed by atoms with E-state index in [1.165, 1.54) is 0 Å². The van der Waals surface area contributed by atoms with Crippen LogP contribution in [0.4, 0.5) is 0 Å². The van der Waals surface area contributed by atoms with Crippen LogP contribution in [0, 0.1) is 6.92 Å². The highest BCUT2D eigenvalue weighted by atomic mass is 35.5. The Balaban J connectivity index is 2.11. The minimum atomic E-state index is 0.536. The van der Waals surface area contributed by atoms with Crippen LogP contribution in [-0.2, 0) is 0 Å². The van der Waals surface area contributed by atoms with Crippen LogP contribution in [-0.4, -0.2) is 6.29 Å². The van der Waals surface area contributed by atoms with Crippen molar-refractivity contribution in [1.29, 1.82) is 0 Å². The first kappa shape index (κ1) is 13.7. The fourth-order valence-corrected chi connectivity index (χ4v) is 2.52. The Bertz CT molecular complexity index is 825. The number of aldehydes is 1. The SMILES string of the molecule is Cc1ccc(Oc2ccc(Cl)c3ccccc23)c(C=O)c1. The van der Waals surface area contributed by atoms with Gasteiger partial charge in [-0.1, -0.05) is 47.5 Å². The molecule has 0 fully saturated rings. The molecule has 0 aliphatic carbocycles. The molecule has 0 heterocycles. The molecule has 0 N–H and O–H groups in total. The van der Waals surface area contributed by atoms with Gasteiger partial charge in [0.1, 0.15) is 11.5 Å². The molecule has 0 amide bonds. The average Bonchev–Trinajstić information content (AvgIpc) is 2.52. The van der Waals surface area contributed by atoms with Crippen LogP contribution in [0.2, 0.25) is 5.02 Å². The van der Waals surface area contributed by atoms with Crippen LogP contribution >= 0.6 is 11.6 Å². The molecule has 0 atom stereocenters. The Morgan fingerprint density at radius 2 is 1.67 bits per heavy atom. The third-order valence-corrected chi connectivity index (χ3v) is 3.67. The summed E-state index contributed by atoms with van der Waals surface area (Å²) in [7, 11) is 0. The molecule has 3 rings (SSSR count). The van der Waals surface area contributed by atoms with Crippen LogP contribution in [0.15, 0.2) is 54.6 Å². The molecule has 3 aromatic rings. The van der Waals surface area contributed by atoms with Gasteiger partial charge in [0.15, 0.2) is 6.29 Å². The largest absolute Gasteiger partial charge is 0.456 e. The Morgan fingerprint density at radius 1 is 0.952 bits per heavy atom. The molecule has 0 saturated carbocycles. The van der Waals surface area contributed by atoms with Crippen molar-refractivity contribution in [3.8, 4) is 11.5 Å². The van der Waals surface area contributed by atoms with E-state index in [-0.39, 0.29) is 0 Å². The molecule has 3 heteroatoms. The summed E-state index contributed by atoms with van der Waals surface area (Å²) in [6.45, 7) is 1.94. The van der Waals surface area contributed by atoms with Gasteiger partial charge in [-0.25, -0.2) is 0 Å². The van der Waals surface area contributed by atoms with E-state index in [4.69, 9.17) is 16.3 Å². The number of fused-ring (bicyclic) bond motifs is 1. The van der Waals surface area contributed by atoms with E-state index in [9.17, 15) is 4.79 Å². The minimum Gasteiger partial charge on any atom is -0.456 e. The summed E-state index contributed by atoms with van der Waals surface area (Å²) in [6, 6.07) is 16.9. The van der Waals surface area contributed by atoms with Gasteiger partial charge >= 0.3 is 0 Å². The summed E-state index contributed by atoms with van der Waals surface area (Å²) in [5.41, 5.74) is 1.56. The third kappa shape index (κ3) is 2.63. The highest BCUT2D eigenvalue weighted by Crippen LogP contribution is 2.35. The van der Waals surface area contributed by atoms with Crippen molar-refractivity contribution in [2.24, 2.45) is 0 Å². The maximum absolute atomic E-state index is 11.2. The predicted molar refractivity (Wildman–Crippen MR) is 85.6 cm³/mol. The Morgan fingerprint density at radius 3 is 2.43 bits per heavy atom. The van der Waals surface area contributed by atoms with Gasteiger partial charge in [-0.2, -0.15) is 0 Å². The summed E-state index contributed by atoms with van der Waals surface area (Å²) in [5, 5.41) is 2.52. The lowest BCUT2D eigenvalue weighted by atomic mass is 10.1. The second kappa shape index (κ2) is 5.58. The molecule has 3 aromatic carbocycles. The molecule has 0 aliphatic heterocycles. The van der Waals surface area contributed by atoms with E-state index in [1.807, 2.05) is 49.4 Å². The van der Waals surface area contributed by atoms with E-state index >= 15 is 0 Å². The summed E-state index contributed by atoms with van der Waals surface area (Å²) in [6.07, 6.45) is 0.806. The number of rotatable bonds is 3. The van der Waals surface area contributed by atoms with Crippen molar-refractivity contribution in [3.05, 3.63) is 70.7 Å². The number of carbonyl (C=O) groups excluding carboxylic acids is 1. The molecule has 2 nitrogen and oxygen atoms in total. The topological polar surface area (TPSA) is 26.3 Å². The molecule has 0 radical (unpaired) electrons. The molecule has 0 aromatic heterocycles. The van der Waals surface area contributed by atoms with Gasteiger partial charge in [0.05, 0.1) is 5.56 Å². The van der Waals surface area contributed by atoms with Crippen LogP contribution in [0.5, 0.6) is 11.5 Å². The van der Waals surface area contributed by atoms with Crippen LogP contribution in [0.25, 0.3) is 10.8 Å². The molecule has 21 heavy (non-hydrogen) atoms. The highest BCUT2D eigenvalue weighted by molar-refractivity contribution is 6.35. The number of ether oxygens (including phenoxy) is 1. The number of hydrogen-bond donors (Lipinski definition) is 0. The number of carbonyl (C=O) groups is 1. The van der Waals surface area contributed by atoms with Gasteiger partial charge in [-0.05, 0) is 31.2 Å². The normalized spacial score (nSPS) is 10.6. The highest BCUT2D eigenvalue weighted by Gasteiger charge is 2.09. The first-order valence-electron chi connectivity index (χ1n) is 6.60. The van der Waals surface area contributed by atoms with Crippen molar-refractivity contribution in [3.63, 3.8) is 0 Å². The lowest BCUT2D eigenvalue weighted by Gasteiger charge is -2.12. The van der Waals surface area contributed by atoms with Crippen LogP contribution in [0.3, 0.4) is 0 Å². The molecule has 0 saturated heterocycles. The fraction of sp³-hybridized carbons (Fsp3) is 0.0556. The van der Waals surface area contributed by atoms with Gasteiger partial charge < -0.3 is 4.74 Å². The van der Waals surface area contributed by atoms with Crippen molar-refractivity contribution >= 4 is 28.7 Å². The fourth-order valence-electron chi connectivity index (χ4n) is 2.30. The summed E-state index contributed by atoms with van der Waals surface area (Å²) in [5.74, 6) is 1.23. The molecular formula is C18H13ClO2. The maximum atomic E-state index is 11.2. The summed E-state index contributed by atoms with van der Waals surface area (Å²) >= 11 is 6.20. The smallest absolute Gasteiger partial charge is 0.153 e. The van der Waals surface area contributed by atoms with Gasteiger partial charge in [0, 0.05) is 15.8 Å². The summed E-state index contributed by atoms with van der Waals surface area (Å²) < 4.78 is 5.93.